The summed E-state index contributed by atoms with van der Waals surface area (Å²) in [5.41, 5.74) is 6.65. The summed E-state index contributed by atoms with van der Waals surface area (Å²) >= 11 is 1.73. The van der Waals surface area contributed by atoms with Gasteiger partial charge in [0, 0.05) is 18.5 Å². The first kappa shape index (κ1) is 13.0. The molecule has 96 valence electrons. The first-order valence-electron chi connectivity index (χ1n) is 6.33. The number of hydrogen-bond acceptors (Lipinski definition) is 4. The number of rotatable bonds is 3. The van der Waals surface area contributed by atoms with Gasteiger partial charge in [-0.1, -0.05) is 13.3 Å². The molecule has 0 saturated heterocycles. The molecule has 0 bridgehead atoms. The van der Waals surface area contributed by atoms with Crippen LogP contribution in [0.25, 0.3) is 0 Å². The van der Waals surface area contributed by atoms with Gasteiger partial charge in [0.15, 0.2) is 0 Å². The maximum absolute atomic E-state index is 5.86. The number of thiazole rings is 1. The number of nitrogens with two attached hydrogens (primary N) is 1. The van der Waals surface area contributed by atoms with Gasteiger partial charge in [0.25, 0.3) is 0 Å². The molecule has 3 nitrogen and oxygen atoms in total. The van der Waals surface area contributed by atoms with Crippen LogP contribution in [0.2, 0.25) is 0 Å². The first-order chi connectivity index (χ1) is 8.11. The Morgan fingerprint density at radius 3 is 2.88 bits per heavy atom. The summed E-state index contributed by atoms with van der Waals surface area (Å²) in [5.74, 6) is 0.717. The molecule has 1 aromatic heterocycles. The van der Waals surface area contributed by atoms with E-state index >= 15 is 0 Å². The standard InChI is InChI=1S/C13H22N2OS/c1-9-5-4-6-13(7-9,16-3)12-15-10(2)11(8-14)17-12/h9H,4-8,14H2,1-3H3. The molecule has 0 aromatic carbocycles. The summed E-state index contributed by atoms with van der Waals surface area (Å²) in [7, 11) is 1.82. The largest absolute Gasteiger partial charge is 0.371 e. The Labute approximate surface area is 107 Å². The molecular weight excluding hydrogens is 232 g/mol. The highest BCUT2D eigenvalue weighted by atomic mass is 32.1. The second-order valence-electron chi connectivity index (χ2n) is 5.13. The lowest BCUT2D eigenvalue weighted by Crippen LogP contribution is -2.34. The van der Waals surface area contributed by atoms with Crippen LogP contribution in [-0.4, -0.2) is 12.1 Å². The molecule has 1 aliphatic carbocycles. The highest BCUT2D eigenvalue weighted by Gasteiger charge is 2.39. The second kappa shape index (κ2) is 5.04. The molecule has 2 unspecified atom stereocenters. The van der Waals surface area contributed by atoms with Crippen molar-refractivity contribution < 1.29 is 4.74 Å². The van der Waals surface area contributed by atoms with E-state index in [1.165, 1.54) is 17.7 Å². The van der Waals surface area contributed by atoms with Gasteiger partial charge >= 0.3 is 0 Å². The van der Waals surface area contributed by atoms with Crippen LogP contribution in [0.15, 0.2) is 0 Å². The molecule has 0 amide bonds. The topological polar surface area (TPSA) is 48.1 Å². The van der Waals surface area contributed by atoms with E-state index in [4.69, 9.17) is 15.5 Å². The molecule has 0 aliphatic heterocycles. The number of aryl methyl sites for hydroxylation is 1. The Bertz CT molecular complexity index is 391. The van der Waals surface area contributed by atoms with Crippen molar-refractivity contribution in [2.45, 2.75) is 51.7 Å². The molecule has 1 aromatic rings. The molecule has 1 heterocycles. The van der Waals surface area contributed by atoms with Crippen molar-refractivity contribution in [2.24, 2.45) is 11.7 Å². The summed E-state index contributed by atoms with van der Waals surface area (Å²) in [6.07, 6.45) is 4.70. The van der Waals surface area contributed by atoms with Gasteiger partial charge in [0.05, 0.1) is 5.69 Å². The van der Waals surface area contributed by atoms with Crippen molar-refractivity contribution in [3.63, 3.8) is 0 Å². The minimum absolute atomic E-state index is 0.152. The molecule has 1 saturated carbocycles. The Kier molecular flexibility index (Phi) is 3.85. The zero-order valence-corrected chi connectivity index (χ0v) is 11.8. The van der Waals surface area contributed by atoms with Crippen LogP contribution in [0.4, 0.5) is 0 Å². The van der Waals surface area contributed by atoms with Gasteiger partial charge in [-0.2, -0.15) is 0 Å². The lowest BCUT2D eigenvalue weighted by atomic mass is 9.79. The summed E-state index contributed by atoms with van der Waals surface area (Å²) in [6, 6.07) is 0. The highest BCUT2D eigenvalue weighted by molar-refractivity contribution is 7.11. The average molecular weight is 254 g/mol. The van der Waals surface area contributed by atoms with Crippen molar-refractivity contribution >= 4 is 11.3 Å². The Balaban J connectivity index is 2.33. The maximum Gasteiger partial charge on any atom is 0.125 e. The summed E-state index contributed by atoms with van der Waals surface area (Å²) in [4.78, 5) is 5.89. The van der Waals surface area contributed by atoms with Crippen LogP contribution >= 0.6 is 11.3 Å². The van der Waals surface area contributed by atoms with E-state index in [9.17, 15) is 0 Å². The van der Waals surface area contributed by atoms with Gasteiger partial charge in [0.2, 0.25) is 0 Å². The third kappa shape index (κ3) is 2.39. The van der Waals surface area contributed by atoms with Gasteiger partial charge in [-0.05, 0) is 32.1 Å². The van der Waals surface area contributed by atoms with E-state index in [2.05, 4.69) is 6.92 Å². The Hall–Kier alpha value is -0.450. The van der Waals surface area contributed by atoms with E-state index in [-0.39, 0.29) is 5.60 Å². The van der Waals surface area contributed by atoms with Crippen LogP contribution in [0.1, 0.15) is 48.2 Å². The van der Waals surface area contributed by atoms with Gasteiger partial charge < -0.3 is 10.5 Å². The predicted octanol–water partition coefficient (Wildman–Crippen LogP) is 2.96. The molecule has 2 atom stereocenters. The van der Waals surface area contributed by atoms with Crippen LogP contribution in [0.5, 0.6) is 0 Å². The molecular formula is C13H22N2OS. The molecule has 4 heteroatoms. The zero-order chi connectivity index (χ0) is 12.5. The van der Waals surface area contributed by atoms with E-state index in [1.54, 1.807) is 11.3 Å². The van der Waals surface area contributed by atoms with Crippen molar-refractivity contribution in [2.75, 3.05) is 7.11 Å². The molecule has 0 radical (unpaired) electrons. The smallest absolute Gasteiger partial charge is 0.125 e. The molecule has 1 aliphatic rings. The summed E-state index contributed by atoms with van der Waals surface area (Å²) in [6.45, 7) is 4.92. The van der Waals surface area contributed by atoms with Crippen molar-refractivity contribution in [3.05, 3.63) is 15.6 Å². The van der Waals surface area contributed by atoms with E-state index < -0.39 is 0 Å². The monoisotopic (exact) mass is 254 g/mol. The van der Waals surface area contributed by atoms with Crippen LogP contribution in [0.3, 0.4) is 0 Å². The second-order valence-corrected chi connectivity index (χ2v) is 6.22. The number of hydrogen-bond donors (Lipinski definition) is 1. The Morgan fingerprint density at radius 1 is 1.59 bits per heavy atom. The predicted molar refractivity (Wildman–Crippen MR) is 71.1 cm³/mol. The highest BCUT2D eigenvalue weighted by Crippen LogP contribution is 2.44. The van der Waals surface area contributed by atoms with Gasteiger partial charge in [-0.15, -0.1) is 11.3 Å². The third-order valence-corrected chi connectivity index (χ3v) is 5.18. The number of ether oxygens (including phenoxy) is 1. The fraction of sp³-hybridized carbons (Fsp3) is 0.769. The number of aromatic nitrogens is 1. The molecule has 1 fully saturated rings. The lowest BCUT2D eigenvalue weighted by Gasteiger charge is -2.37. The average Bonchev–Trinajstić information content (AvgIpc) is 2.71. The van der Waals surface area contributed by atoms with Gasteiger partial charge in [0.1, 0.15) is 10.6 Å². The molecule has 2 N–H and O–H groups in total. The van der Waals surface area contributed by atoms with E-state index in [0.717, 1.165) is 23.5 Å². The summed E-state index contributed by atoms with van der Waals surface area (Å²) < 4.78 is 5.86. The third-order valence-electron chi connectivity index (χ3n) is 3.81. The van der Waals surface area contributed by atoms with Crippen molar-refractivity contribution in [1.29, 1.82) is 0 Å². The van der Waals surface area contributed by atoms with E-state index in [0.29, 0.717) is 12.5 Å². The molecule has 0 spiro atoms. The fourth-order valence-corrected chi connectivity index (χ4v) is 3.93. The summed E-state index contributed by atoms with van der Waals surface area (Å²) in [5, 5.41) is 1.13. The minimum Gasteiger partial charge on any atom is -0.371 e. The Morgan fingerprint density at radius 2 is 2.35 bits per heavy atom. The zero-order valence-electron chi connectivity index (χ0n) is 11.0. The normalized spacial score (nSPS) is 29.5. The van der Waals surface area contributed by atoms with Crippen molar-refractivity contribution in [3.8, 4) is 0 Å². The lowest BCUT2D eigenvalue weighted by molar-refractivity contribution is -0.0581. The van der Waals surface area contributed by atoms with Gasteiger partial charge in [-0.25, -0.2) is 4.98 Å². The molecule has 2 rings (SSSR count). The van der Waals surface area contributed by atoms with Gasteiger partial charge in [-0.3, -0.25) is 0 Å². The number of methoxy groups -OCH3 is 1. The first-order valence-corrected chi connectivity index (χ1v) is 7.15. The fourth-order valence-electron chi connectivity index (χ4n) is 2.78. The van der Waals surface area contributed by atoms with Crippen LogP contribution < -0.4 is 5.73 Å². The maximum atomic E-state index is 5.86. The van der Waals surface area contributed by atoms with Crippen molar-refractivity contribution in [1.82, 2.24) is 4.98 Å². The quantitative estimate of drug-likeness (QED) is 0.902. The van der Waals surface area contributed by atoms with Crippen LogP contribution in [-0.2, 0) is 16.9 Å². The molecule has 17 heavy (non-hydrogen) atoms. The van der Waals surface area contributed by atoms with Crippen LogP contribution in [0, 0.1) is 12.8 Å². The van der Waals surface area contributed by atoms with E-state index in [1.807, 2.05) is 14.0 Å². The SMILES string of the molecule is COC1(c2nc(C)c(CN)s2)CCCC(C)C1. The number of nitrogens with zero attached hydrogens (tertiary/aromatic N) is 1. The minimum atomic E-state index is -0.152.